The summed E-state index contributed by atoms with van der Waals surface area (Å²) in [5, 5.41) is 5.13. The molecule has 0 atom stereocenters. The molecule has 0 aliphatic carbocycles. The third-order valence-corrected chi connectivity index (χ3v) is 4.11. The van der Waals surface area contributed by atoms with Gasteiger partial charge < -0.3 is 4.74 Å². The molecular formula is C16H20Cl2N2O. The molecule has 2 rings (SSSR count). The van der Waals surface area contributed by atoms with Crippen LogP contribution in [-0.4, -0.2) is 9.78 Å². The van der Waals surface area contributed by atoms with Crippen molar-refractivity contribution in [3.8, 4) is 5.75 Å². The Labute approximate surface area is 135 Å². The molecule has 0 spiro atoms. The average Bonchev–Trinajstić information content (AvgIpc) is 2.96. The Morgan fingerprint density at radius 2 is 2.00 bits per heavy atom. The summed E-state index contributed by atoms with van der Waals surface area (Å²) in [6.07, 6.45) is 4.16. The highest BCUT2D eigenvalue weighted by atomic mass is 35.5. The van der Waals surface area contributed by atoms with E-state index in [4.69, 9.17) is 27.9 Å². The molecule has 114 valence electrons. The molecule has 0 aliphatic heterocycles. The van der Waals surface area contributed by atoms with Crippen molar-refractivity contribution in [1.82, 2.24) is 9.78 Å². The van der Waals surface area contributed by atoms with E-state index in [0.29, 0.717) is 29.3 Å². The molecule has 1 heterocycles. The molecule has 21 heavy (non-hydrogen) atoms. The molecule has 1 aromatic carbocycles. The summed E-state index contributed by atoms with van der Waals surface area (Å²) in [6.45, 7) is 4.75. The lowest BCUT2D eigenvalue weighted by molar-refractivity contribution is 0.297. The Balaban J connectivity index is 2.00. The van der Waals surface area contributed by atoms with Crippen molar-refractivity contribution >= 4 is 23.2 Å². The van der Waals surface area contributed by atoms with Crippen LogP contribution in [0, 0.1) is 0 Å². The van der Waals surface area contributed by atoms with Crippen LogP contribution in [0.1, 0.15) is 44.0 Å². The number of nitrogens with zero attached hydrogens (tertiary/aromatic N) is 2. The van der Waals surface area contributed by atoms with E-state index < -0.39 is 0 Å². The second-order valence-corrected chi connectivity index (χ2v) is 5.62. The van der Waals surface area contributed by atoms with Gasteiger partial charge in [0, 0.05) is 12.1 Å². The number of benzene rings is 1. The molecule has 0 unspecified atom stereocenters. The van der Waals surface area contributed by atoms with E-state index in [-0.39, 0.29) is 0 Å². The predicted molar refractivity (Wildman–Crippen MR) is 87.2 cm³/mol. The smallest absolute Gasteiger partial charge is 0.138 e. The first-order chi connectivity index (χ1) is 10.2. The van der Waals surface area contributed by atoms with Crippen molar-refractivity contribution in [3.05, 3.63) is 46.7 Å². The van der Waals surface area contributed by atoms with E-state index in [9.17, 15) is 0 Å². The second-order valence-electron chi connectivity index (χ2n) is 4.94. The molecule has 0 saturated heterocycles. The molecule has 0 saturated carbocycles. The van der Waals surface area contributed by atoms with Crippen LogP contribution < -0.4 is 4.74 Å². The van der Waals surface area contributed by atoms with Gasteiger partial charge in [0.05, 0.1) is 16.8 Å². The Morgan fingerprint density at radius 3 is 2.62 bits per heavy atom. The SMILES string of the molecule is CCC(CC)n1ccc(COc2ccc(CCl)cc2Cl)n1. The van der Waals surface area contributed by atoms with Crippen LogP contribution in [0.15, 0.2) is 30.5 Å². The van der Waals surface area contributed by atoms with Crippen molar-refractivity contribution in [2.45, 2.75) is 45.2 Å². The van der Waals surface area contributed by atoms with Crippen molar-refractivity contribution < 1.29 is 4.74 Å². The van der Waals surface area contributed by atoms with Gasteiger partial charge in [-0.3, -0.25) is 4.68 Å². The van der Waals surface area contributed by atoms with Gasteiger partial charge in [-0.2, -0.15) is 5.10 Å². The van der Waals surface area contributed by atoms with Crippen molar-refractivity contribution in [1.29, 1.82) is 0 Å². The molecule has 0 fully saturated rings. The van der Waals surface area contributed by atoms with E-state index in [0.717, 1.165) is 24.1 Å². The minimum absolute atomic E-state index is 0.410. The van der Waals surface area contributed by atoms with Crippen LogP contribution in [0.25, 0.3) is 0 Å². The minimum atomic E-state index is 0.410. The van der Waals surface area contributed by atoms with Crippen LogP contribution in [0.3, 0.4) is 0 Å². The standard InChI is InChI=1S/C16H20Cl2N2O/c1-3-14(4-2)20-8-7-13(19-20)11-21-16-6-5-12(10-17)9-15(16)18/h5-9,14H,3-4,10-11H2,1-2H3. The van der Waals surface area contributed by atoms with Crippen LogP contribution in [0.2, 0.25) is 5.02 Å². The van der Waals surface area contributed by atoms with Gasteiger partial charge in [-0.25, -0.2) is 0 Å². The first-order valence-electron chi connectivity index (χ1n) is 7.19. The topological polar surface area (TPSA) is 27.1 Å². The maximum Gasteiger partial charge on any atom is 0.138 e. The van der Waals surface area contributed by atoms with Crippen LogP contribution in [0.4, 0.5) is 0 Å². The van der Waals surface area contributed by atoms with E-state index >= 15 is 0 Å². The van der Waals surface area contributed by atoms with Gasteiger partial charge in [-0.15, -0.1) is 11.6 Å². The minimum Gasteiger partial charge on any atom is -0.486 e. The first-order valence-corrected chi connectivity index (χ1v) is 8.10. The molecule has 0 radical (unpaired) electrons. The van der Waals surface area contributed by atoms with Gasteiger partial charge in [0.2, 0.25) is 0 Å². The molecule has 0 amide bonds. The van der Waals surface area contributed by atoms with E-state index in [2.05, 4.69) is 18.9 Å². The molecule has 0 bridgehead atoms. The predicted octanol–water partition coefficient (Wildman–Crippen LogP) is 5.22. The molecule has 2 aromatic rings. The summed E-state index contributed by atoms with van der Waals surface area (Å²) in [6, 6.07) is 8.02. The lowest BCUT2D eigenvalue weighted by Crippen LogP contribution is -2.08. The maximum atomic E-state index is 6.17. The van der Waals surface area contributed by atoms with Gasteiger partial charge >= 0.3 is 0 Å². The third kappa shape index (κ3) is 4.14. The second kappa shape index (κ2) is 7.71. The molecule has 5 heteroatoms. The highest BCUT2D eigenvalue weighted by Gasteiger charge is 2.09. The Hall–Kier alpha value is -1.19. The first kappa shape index (κ1) is 16.2. The highest BCUT2D eigenvalue weighted by Crippen LogP contribution is 2.27. The lowest BCUT2D eigenvalue weighted by Gasteiger charge is -2.12. The number of hydrogen-bond donors (Lipinski definition) is 0. The normalized spacial score (nSPS) is 11.1. The monoisotopic (exact) mass is 326 g/mol. The summed E-state index contributed by atoms with van der Waals surface area (Å²) in [5.74, 6) is 1.10. The van der Waals surface area contributed by atoms with Gasteiger partial charge in [-0.05, 0) is 36.6 Å². The van der Waals surface area contributed by atoms with Crippen LogP contribution in [0.5, 0.6) is 5.75 Å². The maximum absolute atomic E-state index is 6.17. The summed E-state index contributed by atoms with van der Waals surface area (Å²) in [7, 11) is 0. The number of hydrogen-bond acceptors (Lipinski definition) is 2. The number of rotatable bonds is 7. The van der Waals surface area contributed by atoms with Gasteiger partial charge in [0.15, 0.2) is 0 Å². The summed E-state index contributed by atoms with van der Waals surface area (Å²) in [5.41, 5.74) is 1.88. The van der Waals surface area contributed by atoms with Crippen molar-refractivity contribution in [2.75, 3.05) is 0 Å². The third-order valence-electron chi connectivity index (χ3n) is 3.51. The zero-order chi connectivity index (χ0) is 15.2. The van der Waals surface area contributed by atoms with Gasteiger partial charge in [0.25, 0.3) is 0 Å². The number of aromatic nitrogens is 2. The van der Waals surface area contributed by atoms with E-state index in [1.54, 1.807) is 0 Å². The lowest BCUT2D eigenvalue weighted by atomic mass is 10.2. The number of halogens is 2. The zero-order valence-corrected chi connectivity index (χ0v) is 13.9. The zero-order valence-electron chi connectivity index (χ0n) is 12.4. The van der Waals surface area contributed by atoms with Crippen molar-refractivity contribution in [2.24, 2.45) is 0 Å². The molecule has 3 nitrogen and oxygen atoms in total. The fraction of sp³-hybridized carbons (Fsp3) is 0.438. The molecule has 0 N–H and O–H groups in total. The average molecular weight is 327 g/mol. The fourth-order valence-electron chi connectivity index (χ4n) is 2.22. The summed E-state index contributed by atoms with van der Waals surface area (Å²) < 4.78 is 7.74. The molecular weight excluding hydrogens is 307 g/mol. The summed E-state index contributed by atoms with van der Waals surface area (Å²) >= 11 is 11.9. The largest absolute Gasteiger partial charge is 0.486 e. The highest BCUT2D eigenvalue weighted by molar-refractivity contribution is 6.32. The Bertz CT molecular complexity index is 579. The van der Waals surface area contributed by atoms with E-state index in [1.165, 1.54) is 0 Å². The van der Waals surface area contributed by atoms with Gasteiger partial charge in [0.1, 0.15) is 12.4 Å². The van der Waals surface area contributed by atoms with Crippen LogP contribution >= 0.6 is 23.2 Å². The fourth-order valence-corrected chi connectivity index (χ4v) is 2.64. The van der Waals surface area contributed by atoms with Gasteiger partial charge in [-0.1, -0.05) is 31.5 Å². The van der Waals surface area contributed by atoms with Crippen molar-refractivity contribution in [3.63, 3.8) is 0 Å². The number of alkyl halides is 1. The quantitative estimate of drug-likeness (QED) is 0.652. The van der Waals surface area contributed by atoms with E-state index in [1.807, 2.05) is 35.1 Å². The van der Waals surface area contributed by atoms with Crippen LogP contribution in [-0.2, 0) is 12.5 Å². The number of ether oxygens (including phenoxy) is 1. The Morgan fingerprint density at radius 1 is 1.24 bits per heavy atom. The summed E-state index contributed by atoms with van der Waals surface area (Å²) in [4.78, 5) is 0. The molecule has 0 aliphatic rings. The molecule has 1 aromatic heterocycles. The Kier molecular flexibility index (Phi) is 5.95.